The first kappa shape index (κ1) is 15.6. The van der Waals surface area contributed by atoms with E-state index in [9.17, 15) is 0 Å². The molecule has 0 bridgehead atoms. The smallest absolute Gasteiger partial charge is 0.125 e. The van der Waals surface area contributed by atoms with Crippen LogP contribution in [0.4, 0.5) is 0 Å². The molecule has 20 heavy (non-hydrogen) atoms. The van der Waals surface area contributed by atoms with E-state index in [1.165, 1.54) is 25.7 Å². The van der Waals surface area contributed by atoms with Gasteiger partial charge in [-0.3, -0.25) is 4.90 Å². The first-order chi connectivity index (χ1) is 9.67. The van der Waals surface area contributed by atoms with Crippen LogP contribution >= 0.6 is 11.6 Å². The Labute approximate surface area is 127 Å². The summed E-state index contributed by atoms with van der Waals surface area (Å²) in [5.41, 5.74) is 7.03. The van der Waals surface area contributed by atoms with E-state index in [-0.39, 0.29) is 6.04 Å². The Balaban J connectivity index is 2.18. The molecule has 0 saturated heterocycles. The van der Waals surface area contributed by atoms with Crippen molar-refractivity contribution in [1.82, 2.24) is 4.90 Å². The van der Waals surface area contributed by atoms with Gasteiger partial charge in [-0.2, -0.15) is 0 Å². The Kier molecular flexibility index (Phi) is 5.70. The topological polar surface area (TPSA) is 38.5 Å². The van der Waals surface area contributed by atoms with Gasteiger partial charge in [0.25, 0.3) is 0 Å². The molecule has 1 aromatic rings. The molecule has 0 aromatic heterocycles. The van der Waals surface area contributed by atoms with Gasteiger partial charge < -0.3 is 10.5 Å². The van der Waals surface area contributed by atoms with E-state index >= 15 is 0 Å². The number of benzene rings is 1. The van der Waals surface area contributed by atoms with Crippen molar-refractivity contribution in [3.63, 3.8) is 0 Å². The molecule has 1 atom stereocenters. The van der Waals surface area contributed by atoms with E-state index in [1.54, 1.807) is 7.11 Å². The second-order valence-electron chi connectivity index (χ2n) is 5.70. The van der Waals surface area contributed by atoms with Crippen molar-refractivity contribution in [2.45, 2.75) is 31.7 Å². The van der Waals surface area contributed by atoms with Crippen LogP contribution in [-0.2, 0) is 0 Å². The number of nitrogens with zero attached hydrogens (tertiary/aromatic N) is 1. The highest BCUT2D eigenvalue weighted by Gasteiger charge is 2.25. The van der Waals surface area contributed by atoms with Gasteiger partial charge >= 0.3 is 0 Å². The van der Waals surface area contributed by atoms with E-state index in [0.717, 1.165) is 28.8 Å². The number of halogens is 1. The average molecular weight is 297 g/mol. The van der Waals surface area contributed by atoms with Crippen LogP contribution in [0, 0.1) is 5.92 Å². The van der Waals surface area contributed by atoms with Crippen molar-refractivity contribution in [2.24, 2.45) is 11.7 Å². The Morgan fingerprint density at radius 1 is 1.40 bits per heavy atom. The Morgan fingerprint density at radius 2 is 2.10 bits per heavy atom. The molecule has 2 rings (SSSR count). The quantitative estimate of drug-likeness (QED) is 0.873. The average Bonchev–Trinajstić information content (AvgIpc) is 2.94. The predicted octanol–water partition coefficient (Wildman–Crippen LogP) is 3.47. The lowest BCUT2D eigenvalue weighted by Gasteiger charge is -2.31. The van der Waals surface area contributed by atoms with E-state index in [2.05, 4.69) is 11.9 Å². The molecule has 1 aliphatic rings. The van der Waals surface area contributed by atoms with Gasteiger partial charge in [-0.25, -0.2) is 0 Å². The largest absolute Gasteiger partial charge is 0.496 e. The molecule has 1 aliphatic carbocycles. The molecule has 4 heteroatoms. The van der Waals surface area contributed by atoms with E-state index in [1.807, 2.05) is 18.2 Å². The molecule has 0 heterocycles. The van der Waals surface area contributed by atoms with Crippen molar-refractivity contribution in [2.75, 3.05) is 27.2 Å². The zero-order valence-corrected chi connectivity index (χ0v) is 13.2. The van der Waals surface area contributed by atoms with Gasteiger partial charge in [0, 0.05) is 23.7 Å². The summed E-state index contributed by atoms with van der Waals surface area (Å²) < 4.78 is 5.46. The third-order valence-corrected chi connectivity index (χ3v) is 4.67. The van der Waals surface area contributed by atoms with Crippen LogP contribution in [0.25, 0.3) is 0 Å². The van der Waals surface area contributed by atoms with Gasteiger partial charge in [0.15, 0.2) is 0 Å². The Hall–Kier alpha value is -0.770. The summed E-state index contributed by atoms with van der Waals surface area (Å²) in [5, 5.41) is 0.734. The summed E-state index contributed by atoms with van der Waals surface area (Å²) in [5.74, 6) is 1.62. The SMILES string of the molecule is COc1cccc(Cl)c1C(CN)N(C)CC1CCCC1. The molecule has 112 valence electrons. The van der Waals surface area contributed by atoms with Crippen LogP contribution in [0.5, 0.6) is 5.75 Å². The lowest BCUT2D eigenvalue weighted by atomic mass is 10.0. The van der Waals surface area contributed by atoms with Crippen LogP contribution in [0.1, 0.15) is 37.3 Å². The molecule has 1 fully saturated rings. The fraction of sp³-hybridized carbons (Fsp3) is 0.625. The molecule has 0 radical (unpaired) electrons. The fourth-order valence-corrected chi connectivity index (χ4v) is 3.56. The normalized spacial score (nSPS) is 17.6. The van der Waals surface area contributed by atoms with Gasteiger partial charge in [0.1, 0.15) is 5.75 Å². The third-order valence-electron chi connectivity index (χ3n) is 4.34. The molecule has 0 amide bonds. The van der Waals surface area contributed by atoms with Gasteiger partial charge in [-0.05, 0) is 37.9 Å². The van der Waals surface area contributed by atoms with Crippen molar-refractivity contribution >= 4 is 11.6 Å². The summed E-state index contributed by atoms with van der Waals surface area (Å²) in [7, 11) is 3.82. The molecule has 0 aliphatic heterocycles. The Bertz CT molecular complexity index is 432. The maximum Gasteiger partial charge on any atom is 0.125 e. The molecular weight excluding hydrogens is 272 g/mol. The summed E-state index contributed by atoms with van der Waals surface area (Å²) in [4.78, 5) is 2.33. The standard InChI is InChI=1S/C16H25ClN2O/c1-19(11-12-6-3-4-7-12)14(10-18)16-13(17)8-5-9-15(16)20-2/h5,8-9,12,14H,3-4,6-7,10-11,18H2,1-2H3. The number of ether oxygens (including phenoxy) is 1. The second-order valence-corrected chi connectivity index (χ2v) is 6.10. The van der Waals surface area contributed by atoms with Crippen molar-refractivity contribution in [3.05, 3.63) is 28.8 Å². The number of rotatable bonds is 6. The minimum absolute atomic E-state index is 0.110. The lowest BCUT2D eigenvalue weighted by Crippen LogP contribution is -2.34. The molecule has 2 N–H and O–H groups in total. The second kappa shape index (κ2) is 7.30. The highest BCUT2D eigenvalue weighted by molar-refractivity contribution is 6.31. The molecular formula is C16H25ClN2O. The molecule has 1 aromatic carbocycles. The van der Waals surface area contributed by atoms with Crippen molar-refractivity contribution < 1.29 is 4.74 Å². The van der Waals surface area contributed by atoms with Gasteiger partial charge in [0.2, 0.25) is 0 Å². The van der Waals surface area contributed by atoms with Gasteiger partial charge in [-0.1, -0.05) is 30.5 Å². The number of hydrogen-bond acceptors (Lipinski definition) is 3. The van der Waals surface area contributed by atoms with E-state index in [4.69, 9.17) is 22.1 Å². The van der Waals surface area contributed by atoms with Crippen LogP contribution in [-0.4, -0.2) is 32.1 Å². The predicted molar refractivity (Wildman–Crippen MR) is 84.4 cm³/mol. The first-order valence-corrected chi connectivity index (χ1v) is 7.77. The Morgan fingerprint density at radius 3 is 2.70 bits per heavy atom. The highest BCUT2D eigenvalue weighted by Crippen LogP contribution is 2.35. The fourth-order valence-electron chi connectivity index (χ4n) is 3.26. The molecule has 1 saturated carbocycles. The summed E-state index contributed by atoms with van der Waals surface area (Å²) >= 11 is 6.38. The number of methoxy groups -OCH3 is 1. The zero-order valence-electron chi connectivity index (χ0n) is 12.4. The highest BCUT2D eigenvalue weighted by atomic mass is 35.5. The van der Waals surface area contributed by atoms with Crippen molar-refractivity contribution in [3.8, 4) is 5.75 Å². The van der Waals surface area contributed by atoms with Crippen molar-refractivity contribution in [1.29, 1.82) is 0 Å². The number of hydrogen-bond donors (Lipinski definition) is 1. The molecule has 1 unspecified atom stereocenters. The first-order valence-electron chi connectivity index (χ1n) is 7.40. The van der Waals surface area contributed by atoms with Crippen LogP contribution < -0.4 is 10.5 Å². The third kappa shape index (κ3) is 3.46. The summed E-state index contributed by atoms with van der Waals surface area (Å²) in [6.45, 7) is 1.62. The minimum atomic E-state index is 0.110. The zero-order chi connectivity index (χ0) is 14.5. The number of likely N-dealkylation sites (N-methyl/N-ethyl adjacent to an activating group) is 1. The number of nitrogens with two attached hydrogens (primary N) is 1. The maximum absolute atomic E-state index is 6.38. The monoisotopic (exact) mass is 296 g/mol. The maximum atomic E-state index is 6.38. The van der Waals surface area contributed by atoms with Gasteiger partial charge in [-0.15, -0.1) is 0 Å². The van der Waals surface area contributed by atoms with E-state index < -0.39 is 0 Å². The summed E-state index contributed by atoms with van der Waals surface area (Å²) in [6, 6.07) is 5.88. The summed E-state index contributed by atoms with van der Waals surface area (Å²) in [6.07, 6.45) is 5.39. The molecule has 0 spiro atoms. The van der Waals surface area contributed by atoms with Crippen LogP contribution in [0.3, 0.4) is 0 Å². The minimum Gasteiger partial charge on any atom is -0.496 e. The molecule has 3 nitrogen and oxygen atoms in total. The lowest BCUT2D eigenvalue weighted by molar-refractivity contribution is 0.208. The van der Waals surface area contributed by atoms with Crippen LogP contribution in [0.2, 0.25) is 5.02 Å². The van der Waals surface area contributed by atoms with E-state index in [0.29, 0.717) is 6.54 Å². The van der Waals surface area contributed by atoms with Gasteiger partial charge in [0.05, 0.1) is 13.2 Å². The van der Waals surface area contributed by atoms with Crippen LogP contribution in [0.15, 0.2) is 18.2 Å².